The van der Waals surface area contributed by atoms with E-state index in [2.05, 4.69) is 33.7 Å². The highest BCUT2D eigenvalue weighted by Crippen LogP contribution is 2.31. The Hall–Kier alpha value is -1.13. The molecule has 1 aromatic carbocycles. The van der Waals surface area contributed by atoms with E-state index in [0.29, 0.717) is 5.25 Å². The van der Waals surface area contributed by atoms with Crippen LogP contribution in [0.4, 0.5) is 0 Å². The molecule has 1 aliphatic heterocycles. The fourth-order valence-corrected chi connectivity index (χ4v) is 3.35. The van der Waals surface area contributed by atoms with Gasteiger partial charge in [0.05, 0.1) is 6.20 Å². The van der Waals surface area contributed by atoms with Crippen LogP contribution < -0.4 is 5.32 Å². The molecule has 0 aliphatic carbocycles. The summed E-state index contributed by atoms with van der Waals surface area (Å²) in [6, 6.07) is 8.34. The summed E-state index contributed by atoms with van der Waals surface area (Å²) in [5, 5.41) is 15.9. The molecule has 0 saturated carbocycles. The fourth-order valence-electron chi connectivity index (χ4n) is 2.16. The second-order valence-corrected chi connectivity index (χ2v) is 5.59. The molecule has 0 bridgehead atoms. The maximum absolute atomic E-state index is 4.29. The number of nitrogens with zero attached hydrogens (tertiary/aromatic N) is 2. The Kier molecular flexibility index (Phi) is 3.25. The smallest absolute Gasteiger partial charge is 0.127 e. The van der Waals surface area contributed by atoms with Crippen LogP contribution in [0.15, 0.2) is 35.5 Å². The zero-order valence-electron chi connectivity index (χ0n) is 9.60. The summed E-state index contributed by atoms with van der Waals surface area (Å²) >= 11 is 1.88. The van der Waals surface area contributed by atoms with Gasteiger partial charge in [-0.25, -0.2) is 0 Å². The van der Waals surface area contributed by atoms with Gasteiger partial charge in [0, 0.05) is 16.0 Å². The topological polar surface area (TPSA) is 37.8 Å². The van der Waals surface area contributed by atoms with Gasteiger partial charge in [0.1, 0.15) is 5.03 Å². The first-order chi connectivity index (χ1) is 8.43. The molecule has 1 fully saturated rings. The second-order valence-electron chi connectivity index (χ2n) is 4.30. The first-order valence-corrected chi connectivity index (χ1v) is 6.89. The van der Waals surface area contributed by atoms with Crippen molar-refractivity contribution in [2.24, 2.45) is 0 Å². The SMILES string of the molecule is c1ccc2c(SC3CCNCC3)nncc2c1. The van der Waals surface area contributed by atoms with Crippen LogP contribution in [-0.4, -0.2) is 28.5 Å². The van der Waals surface area contributed by atoms with Crippen LogP contribution in [0.5, 0.6) is 0 Å². The molecule has 4 heteroatoms. The minimum absolute atomic E-state index is 0.677. The highest BCUT2D eigenvalue weighted by Gasteiger charge is 2.16. The van der Waals surface area contributed by atoms with Gasteiger partial charge in [0.15, 0.2) is 0 Å². The van der Waals surface area contributed by atoms with Crippen molar-refractivity contribution in [2.45, 2.75) is 23.1 Å². The number of fused-ring (bicyclic) bond motifs is 1. The molecule has 88 valence electrons. The van der Waals surface area contributed by atoms with Gasteiger partial charge in [-0.15, -0.1) is 16.9 Å². The average Bonchev–Trinajstić information content (AvgIpc) is 2.40. The van der Waals surface area contributed by atoms with Gasteiger partial charge in [-0.2, -0.15) is 5.10 Å². The first-order valence-electron chi connectivity index (χ1n) is 6.01. The average molecular weight is 245 g/mol. The predicted octanol–water partition coefficient (Wildman–Crippen LogP) is 2.47. The predicted molar refractivity (Wildman–Crippen MR) is 71.3 cm³/mol. The number of aromatic nitrogens is 2. The molecule has 0 amide bonds. The second kappa shape index (κ2) is 5.02. The molecule has 2 aromatic rings. The highest BCUT2D eigenvalue weighted by atomic mass is 32.2. The summed E-state index contributed by atoms with van der Waals surface area (Å²) in [4.78, 5) is 0. The van der Waals surface area contributed by atoms with Gasteiger partial charge in [-0.05, 0) is 25.9 Å². The summed E-state index contributed by atoms with van der Waals surface area (Å²) < 4.78 is 0. The number of nitrogens with one attached hydrogen (secondary N) is 1. The van der Waals surface area contributed by atoms with Gasteiger partial charge in [0.2, 0.25) is 0 Å². The lowest BCUT2D eigenvalue weighted by atomic mass is 10.2. The van der Waals surface area contributed by atoms with Crippen molar-refractivity contribution >= 4 is 22.5 Å². The Morgan fingerprint density at radius 2 is 2.00 bits per heavy atom. The summed E-state index contributed by atoms with van der Waals surface area (Å²) in [7, 11) is 0. The van der Waals surface area contributed by atoms with E-state index in [1.807, 2.05) is 24.0 Å². The van der Waals surface area contributed by atoms with Crippen LogP contribution in [0, 0.1) is 0 Å². The molecule has 0 unspecified atom stereocenters. The summed E-state index contributed by atoms with van der Waals surface area (Å²) in [5.41, 5.74) is 0. The van der Waals surface area contributed by atoms with E-state index >= 15 is 0 Å². The van der Waals surface area contributed by atoms with Crippen molar-refractivity contribution < 1.29 is 0 Å². The van der Waals surface area contributed by atoms with Crippen LogP contribution in [0.2, 0.25) is 0 Å². The zero-order valence-corrected chi connectivity index (χ0v) is 10.4. The van der Waals surface area contributed by atoms with Crippen molar-refractivity contribution in [2.75, 3.05) is 13.1 Å². The van der Waals surface area contributed by atoms with E-state index in [9.17, 15) is 0 Å². The molecule has 1 saturated heterocycles. The van der Waals surface area contributed by atoms with Gasteiger partial charge >= 0.3 is 0 Å². The van der Waals surface area contributed by atoms with Gasteiger partial charge in [-0.3, -0.25) is 0 Å². The summed E-state index contributed by atoms with van der Waals surface area (Å²) in [6.45, 7) is 2.24. The van der Waals surface area contributed by atoms with Crippen molar-refractivity contribution in [1.82, 2.24) is 15.5 Å². The van der Waals surface area contributed by atoms with E-state index in [0.717, 1.165) is 18.1 Å². The number of piperidine rings is 1. The maximum atomic E-state index is 4.29. The summed E-state index contributed by atoms with van der Waals surface area (Å²) in [5.74, 6) is 0. The van der Waals surface area contributed by atoms with E-state index in [-0.39, 0.29) is 0 Å². The van der Waals surface area contributed by atoms with E-state index in [4.69, 9.17) is 0 Å². The van der Waals surface area contributed by atoms with E-state index in [1.165, 1.54) is 23.6 Å². The highest BCUT2D eigenvalue weighted by molar-refractivity contribution is 8.00. The molecule has 1 N–H and O–H groups in total. The molecular formula is C13H15N3S. The molecule has 1 aliphatic rings. The molecule has 1 aromatic heterocycles. The van der Waals surface area contributed by atoms with Crippen molar-refractivity contribution in [3.8, 4) is 0 Å². The number of rotatable bonds is 2. The van der Waals surface area contributed by atoms with Crippen molar-refractivity contribution in [3.05, 3.63) is 30.5 Å². The van der Waals surface area contributed by atoms with Crippen LogP contribution in [0.25, 0.3) is 10.8 Å². The van der Waals surface area contributed by atoms with Gasteiger partial charge < -0.3 is 5.32 Å². The molecule has 0 spiro atoms. The van der Waals surface area contributed by atoms with Crippen molar-refractivity contribution in [3.63, 3.8) is 0 Å². The normalized spacial score (nSPS) is 17.4. The molecule has 3 nitrogen and oxygen atoms in total. The Balaban J connectivity index is 1.89. The Bertz CT molecular complexity index is 503. The third-order valence-electron chi connectivity index (χ3n) is 3.10. The molecule has 2 heterocycles. The third kappa shape index (κ3) is 2.42. The number of hydrogen-bond acceptors (Lipinski definition) is 4. The minimum atomic E-state index is 0.677. The Morgan fingerprint density at radius 1 is 1.18 bits per heavy atom. The zero-order chi connectivity index (χ0) is 11.5. The standard InChI is InChI=1S/C13H15N3S/c1-2-4-12-10(3-1)9-15-16-13(12)17-11-5-7-14-8-6-11/h1-4,9,11,14H,5-8H2. The monoisotopic (exact) mass is 245 g/mol. The number of hydrogen-bond donors (Lipinski definition) is 1. The van der Waals surface area contributed by atoms with Gasteiger partial charge in [0.25, 0.3) is 0 Å². The van der Waals surface area contributed by atoms with Crippen LogP contribution >= 0.6 is 11.8 Å². The van der Waals surface area contributed by atoms with E-state index < -0.39 is 0 Å². The van der Waals surface area contributed by atoms with Crippen LogP contribution in [-0.2, 0) is 0 Å². The van der Waals surface area contributed by atoms with Gasteiger partial charge in [-0.1, -0.05) is 24.3 Å². The fraction of sp³-hybridized carbons (Fsp3) is 0.385. The molecule has 0 atom stereocenters. The molecule has 17 heavy (non-hydrogen) atoms. The Morgan fingerprint density at radius 3 is 2.88 bits per heavy atom. The van der Waals surface area contributed by atoms with Crippen LogP contribution in [0.3, 0.4) is 0 Å². The molecular weight excluding hydrogens is 230 g/mol. The lowest BCUT2D eigenvalue weighted by molar-refractivity contribution is 0.531. The summed E-state index contributed by atoms with van der Waals surface area (Å²) in [6.07, 6.45) is 4.27. The largest absolute Gasteiger partial charge is 0.317 e. The number of thioether (sulfide) groups is 1. The maximum Gasteiger partial charge on any atom is 0.127 e. The third-order valence-corrected chi connectivity index (χ3v) is 4.43. The molecule has 3 rings (SSSR count). The first kappa shape index (κ1) is 11.0. The Labute approximate surface area is 105 Å². The lowest BCUT2D eigenvalue weighted by Crippen LogP contribution is -2.29. The quantitative estimate of drug-likeness (QED) is 0.882. The van der Waals surface area contributed by atoms with Crippen LogP contribution in [0.1, 0.15) is 12.8 Å². The molecule has 0 radical (unpaired) electrons. The van der Waals surface area contributed by atoms with Crippen molar-refractivity contribution in [1.29, 1.82) is 0 Å². The minimum Gasteiger partial charge on any atom is -0.317 e. The lowest BCUT2D eigenvalue weighted by Gasteiger charge is -2.21. The number of benzene rings is 1. The van der Waals surface area contributed by atoms with E-state index in [1.54, 1.807) is 0 Å².